The average Bonchev–Trinajstić information content (AvgIpc) is 3.47. The van der Waals surface area contributed by atoms with Crippen LogP contribution in [0.15, 0.2) is 218 Å². The zero-order chi connectivity index (χ0) is 53.0. The Hall–Kier alpha value is -7.83. The molecule has 0 amide bonds. The predicted octanol–water partition coefficient (Wildman–Crippen LogP) is 9.73. The Morgan fingerprint density at radius 2 is 0.533 bits per heavy atom. The smallest absolute Gasteiger partial charge is 0.279 e. The van der Waals surface area contributed by atoms with E-state index in [0.29, 0.717) is 0 Å². The SMILES string of the molecule is CN(C)c1ccc([Si](O[Si](c2ccc(N(C)C)cc2)(c2ccc(N(C)C)cc2)c2cc(-c3ccccc3)c(N(C)C)c(-c3ccccc3)c2-c2ccccc2)(c2ccc(N(C)C)cc2)c2ccc(N(C)C)cc2)cc1. The summed E-state index contributed by atoms with van der Waals surface area (Å²) in [4.78, 5) is 13.2. The van der Waals surface area contributed by atoms with Gasteiger partial charge in [0.2, 0.25) is 0 Å². The molecule has 0 bridgehead atoms. The fourth-order valence-electron chi connectivity index (χ4n) is 10.6. The Morgan fingerprint density at radius 1 is 0.267 bits per heavy atom. The zero-order valence-corrected chi connectivity index (χ0v) is 47.9. The van der Waals surface area contributed by atoms with Gasteiger partial charge in [-0.15, -0.1) is 0 Å². The summed E-state index contributed by atoms with van der Waals surface area (Å²) < 4.78 is 9.38. The van der Waals surface area contributed by atoms with Gasteiger partial charge in [-0.3, -0.25) is 0 Å². The van der Waals surface area contributed by atoms with Crippen LogP contribution >= 0.6 is 0 Å². The van der Waals surface area contributed by atoms with Crippen molar-refractivity contribution < 1.29 is 4.12 Å². The molecule has 75 heavy (non-hydrogen) atoms. The predicted molar refractivity (Wildman–Crippen MR) is 331 cm³/mol. The molecule has 0 aliphatic rings. The molecule has 7 nitrogen and oxygen atoms in total. The maximum Gasteiger partial charge on any atom is 0.279 e. The van der Waals surface area contributed by atoms with Gasteiger partial charge in [0.1, 0.15) is 0 Å². The molecule has 0 saturated heterocycles. The summed E-state index contributed by atoms with van der Waals surface area (Å²) in [7, 11) is 17.8. The molecule has 9 aromatic carbocycles. The van der Waals surface area contributed by atoms with E-state index in [1.54, 1.807) is 0 Å². The minimum absolute atomic E-state index is 1.12. The van der Waals surface area contributed by atoms with Gasteiger partial charge in [-0.1, -0.05) is 152 Å². The van der Waals surface area contributed by atoms with E-state index in [9.17, 15) is 4.12 Å². The molecular formula is C66H72N6OSi2. The Labute approximate surface area is 449 Å². The molecule has 0 fully saturated rings. The van der Waals surface area contributed by atoms with Gasteiger partial charge in [0, 0.05) is 124 Å². The van der Waals surface area contributed by atoms with E-state index in [1.807, 2.05) is 0 Å². The van der Waals surface area contributed by atoms with Crippen molar-refractivity contribution in [3.63, 3.8) is 0 Å². The fraction of sp³-hybridized carbons (Fsp3) is 0.182. The second kappa shape index (κ2) is 21.9. The van der Waals surface area contributed by atoms with E-state index in [-0.39, 0.29) is 0 Å². The van der Waals surface area contributed by atoms with Crippen molar-refractivity contribution in [1.29, 1.82) is 0 Å². The highest BCUT2D eigenvalue weighted by molar-refractivity contribution is 7.18. The minimum atomic E-state index is -3.97. The Balaban J connectivity index is 1.58. The highest BCUT2D eigenvalue weighted by Crippen LogP contribution is 2.45. The van der Waals surface area contributed by atoms with Crippen LogP contribution in [-0.2, 0) is 4.12 Å². The van der Waals surface area contributed by atoms with Crippen LogP contribution in [0.2, 0.25) is 0 Å². The van der Waals surface area contributed by atoms with E-state index >= 15 is 0 Å². The highest BCUT2D eigenvalue weighted by atomic mass is 28.4. The van der Waals surface area contributed by atoms with Gasteiger partial charge in [-0.25, -0.2) is 0 Å². The van der Waals surface area contributed by atoms with Gasteiger partial charge >= 0.3 is 0 Å². The second-order valence-electron chi connectivity index (χ2n) is 20.7. The molecule has 0 aliphatic carbocycles. The lowest BCUT2D eigenvalue weighted by molar-refractivity contribution is 0.600. The normalized spacial score (nSPS) is 11.5. The van der Waals surface area contributed by atoms with Crippen LogP contribution in [0.1, 0.15) is 0 Å². The van der Waals surface area contributed by atoms with Gasteiger partial charge in [-0.05, 0) is 120 Å². The lowest BCUT2D eigenvalue weighted by atomic mass is 9.88. The summed E-state index contributed by atoms with van der Waals surface area (Å²) in [5.74, 6) is 0. The number of nitrogens with zero attached hydrogens (tertiary/aromatic N) is 6. The number of benzene rings is 9. The first-order valence-electron chi connectivity index (χ1n) is 25.8. The standard InChI is InChI=1S/C66H72N6OSi2/c1-67(2)52-28-38-57(39-29-52)74(58-40-30-53(31-41-58)68(3)4,59-42-32-54(33-43-59)69(5)6)73-75(60-44-34-55(35-45-60)70(7)8,61-46-36-56(37-47-61)71(9)10)63-48-62(49-22-16-13-17-23-49)66(72(11)12)65(51-26-20-15-21-27-51)64(63)50-24-18-14-19-25-50/h13-48H,1-12H3. The quantitative estimate of drug-likeness (QED) is 0.0664. The van der Waals surface area contributed by atoms with Crippen LogP contribution in [0, 0.1) is 0 Å². The molecule has 0 aromatic heterocycles. The number of hydrogen-bond acceptors (Lipinski definition) is 7. The number of rotatable bonds is 17. The fourth-order valence-corrected chi connectivity index (χ4v) is 21.3. The van der Waals surface area contributed by atoms with Gasteiger partial charge in [0.05, 0.1) is 5.69 Å². The van der Waals surface area contributed by atoms with Crippen molar-refractivity contribution in [1.82, 2.24) is 0 Å². The molecule has 9 aromatic rings. The lowest BCUT2D eigenvalue weighted by Gasteiger charge is -2.45. The molecule has 0 N–H and O–H groups in total. The first-order valence-corrected chi connectivity index (χ1v) is 29.6. The maximum atomic E-state index is 9.38. The molecule has 9 rings (SSSR count). The molecule has 0 atom stereocenters. The second-order valence-corrected chi connectivity index (χ2v) is 27.7. The molecule has 0 spiro atoms. The topological polar surface area (TPSA) is 28.7 Å². The summed E-state index contributed by atoms with van der Waals surface area (Å²) in [5.41, 5.74) is 13.6. The van der Waals surface area contributed by atoms with Crippen LogP contribution in [0.4, 0.5) is 34.1 Å². The summed E-state index contributed by atoms with van der Waals surface area (Å²) >= 11 is 0. The molecule has 0 radical (unpaired) electrons. The molecule has 0 heterocycles. The van der Waals surface area contributed by atoms with Crippen molar-refractivity contribution in [3.8, 4) is 33.4 Å². The third kappa shape index (κ3) is 10.1. The molecule has 9 heteroatoms. The van der Waals surface area contributed by atoms with Gasteiger partial charge in [0.15, 0.2) is 0 Å². The average molecular weight is 1020 g/mol. The largest absolute Gasteiger partial charge is 0.435 e. The monoisotopic (exact) mass is 1020 g/mol. The number of hydrogen-bond donors (Lipinski definition) is 0. The van der Waals surface area contributed by atoms with E-state index in [1.165, 1.54) is 5.19 Å². The molecule has 0 unspecified atom stereocenters. The van der Waals surface area contributed by atoms with E-state index in [2.05, 4.69) is 332 Å². The Morgan fingerprint density at radius 3 is 0.813 bits per heavy atom. The van der Waals surface area contributed by atoms with Crippen molar-refractivity contribution in [2.24, 2.45) is 0 Å². The molecule has 0 saturated carbocycles. The van der Waals surface area contributed by atoms with Gasteiger partial charge in [-0.2, -0.15) is 0 Å². The van der Waals surface area contributed by atoms with Crippen LogP contribution in [0.3, 0.4) is 0 Å². The zero-order valence-electron chi connectivity index (χ0n) is 45.9. The van der Waals surface area contributed by atoms with Crippen molar-refractivity contribution in [3.05, 3.63) is 218 Å². The molecular weight excluding hydrogens is 949 g/mol. The van der Waals surface area contributed by atoms with E-state index < -0.39 is 16.6 Å². The van der Waals surface area contributed by atoms with Gasteiger partial charge in [0.25, 0.3) is 16.6 Å². The Bertz CT molecular complexity index is 3130. The Kier molecular flexibility index (Phi) is 15.2. The van der Waals surface area contributed by atoms with Crippen LogP contribution in [-0.4, -0.2) is 101 Å². The highest BCUT2D eigenvalue weighted by Gasteiger charge is 2.54. The third-order valence-electron chi connectivity index (χ3n) is 14.6. The first kappa shape index (κ1) is 52.1. The van der Waals surface area contributed by atoms with Crippen molar-refractivity contribution in [2.45, 2.75) is 0 Å². The summed E-state index contributed by atoms with van der Waals surface area (Å²) in [6.07, 6.45) is 0. The summed E-state index contributed by atoms with van der Waals surface area (Å²) in [6.45, 7) is 0. The summed E-state index contributed by atoms with van der Waals surface area (Å²) in [5, 5.41) is 6.95. The van der Waals surface area contributed by atoms with Crippen molar-refractivity contribution in [2.75, 3.05) is 114 Å². The third-order valence-corrected chi connectivity index (χ3v) is 23.9. The first-order chi connectivity index (χ1) is 36.1. The van der Waals surface area contributed by atoms with Crippen LogP contribution < -0.4 is 60.5 Å². The van der Waals surface area contributed by atoms with E-state index in [0.717, 1.165) is 93.4 Å². The number of anilines is 6. The van der Waals surface area contributed by atoms with E-state index in [4.69, 9.17) is 0 Å². The molecule has 380 valence electrons. The minimum Gasteiger partial charge on any atom is -0.435 e. The van der Waals surface area contributed by atoms with Crippen molar-refractivity contribution >= 4 is 81.9 Å². The maximum absolute atomic E-state index is 9.38. The van der Waals surface area contributed by atoms with Crippen LogP contribution in [0.25, 0.3) is 33.4 Å². The molecule has 0 aliphatic heterocycles. The van der Waals surface area contributed by atoms with Crippen LogP contribution in [0.5, 0.6) is 0 Å². The summed E-state index contributed by atoms with van der Waals surface area (Å²) in [6, 6.07) is 81.9. The lowest BCUT2D eigenvalue weighted by Crippen LogP contribution is -2.81. The van der Waals surface area contributed by atoms with Gasteiger partial charge < -0.3 is 33.5 Å².